The lowest BCUT2D eigenvalue weighted by Gasteiger charge is -2.53. The van der Waals surface area contributed by atoms with Gasteiger partial charge in [0.1, 0.15) is 17.6 Å². The summed E-state index contributed by atoms with van der Waals surface area (Å²) >= 11 is 0. The number of allylic oxidation sites excluding steroid dienone is 2. The second-order valence-electron chi connectivity index (χ2n) is 10.8. The molecule has 34 heavy (non-hydrogen) atoms. The van der Waals surface area contributed by atoms with Crippen molar-refractivity contribution >= 4 is 11.7 Å². The fourth-order valence-corrected chi connectivity index (χ4v) is 5.79. The number of piperidine rings is 1. The van der Waals surface area contributed by atoms with Gasteiger partial charge >= 0.3 is 5.97 Å². The molecule has 5 rings (SSSR count). The van der Waals surface area contributed by atoms with Crippen LogP contribution in [0.25, 0.3) is 0 Å². The molecule has 2 bridgehead atoms. The molecular formula is C29H33NO4. The third kappa shape index (κ3) is 3.54. The average molecular weight is 460 g/mol. The van der Waals surface area contributed by atoms with Crippen molar-refractivity contribution in [2.24, 2.45) is 0 Å². The lowest BCUT2D eigenvalue weighted by atomic mass is 9.66. The van der Waals surface area contributed by atoms with Gasteiger partial charge < -0.3 is 19.8 Å². The largest absolute Gasteiger partial charge is 0.488 e. The number of anilines is 1. The molecular weight excluding hydrogens is 426 g/mol. The number of carboxylic acids is 1. The van der Waals surface area contributed by atoms with E-state index < -0.39 is 17.6 Å². The lowest BCUT2D eigenvalue weighted by molar-refractivity contribution is 0.0694. The summed E-state index contributed by atoms with van der Waals surface area (Å²) in [6.07, 6.45) is 6.17. The molecule has 5 heteroatoms. The van der Waals surface area contributed by atoms with Gasteiger partial charge in [-0.2, -0.15) is 0 Å². The third-order valence-electron chi connectivity index (χ3n) is 7.88. The van der Waals surface area contributed by atoms with Crippen molar-refractivity contribution in [3.63, 3.8) is 0 Å². The van der Waals surface area contributed by atoms with Crippen LogP contribution in [0.2, 0.25) is 0 Å². The molecule has 0 radical (unpaired) electrons. The molecule has 2 aromatic carbocycles. The highest BCUT2D eigenvalue weighted by Crippen LogP contribution is 2.49. The molecule has 178 valence electrons. The second-order valence-corrected chi connectivity index (χ2v) is 10.8. The number of hydrogen-bond acceptors (Lipinski definition) is 4. The maximum absolute atomic E-state index is 12.0. The second kappa shape index (κ2) is 7.74. The lowest BCUT2D eigenvalue weighted by Crippen LogP contribution is -2.59. The number of aliphatic hydroxyl groups excluding tert-OH is 1. The van der Waals surface area contributed by atoms with Crippen LogP contribution in [0, 0.1) is 6.92 Å². The van der Waals surface area contributed by atoms with Gasteiger partial charge in [-0.3, -0.25) is 0 Å². The van der Waals surface area contributed by atoms with E-state index in [1.54, 1.807) is 13.0 Å². The van der Waals surface area contributed by atoms with E-state index in [-0.39, 0.29) is 17.2 Å². The van der Waals surface area contributed by atoms with E-state index in [9.17, 15) is 15.0 Å². The minimum Gasteiger partial charge on any atom is -0.488 e. The highest BCUT2D eigenvalue weighted by molar-refractivity contribution is 5.90. The summed E-state index contributed by atoms with van der Waals surface area (Å²) in [4.78, 5) is 13.8. The summed E-state index contributed by atoms with van der Waals surface area (Å²) in [6.45, 7) is 10.2. The molecule has 0 spiro atoms. The highest BCUT2D eigenvalue weighted by atomic mass is 16.5. The van der Waals surface area contributed by atoms with E-state index in [1.165, 1.54) is 11.1 Å². The summed E-state index contributed by atoms with van der Waals surface area (Å²) in [5, 5.41) is 21.6. The van der Waals surface area contributed by atoms with Crippen LogP contribution in [0.1, 0.15) is 67.6 Å². The Kier molecular flexibility index (Phi) is 5.17. The zero-order valence-electron chi connectivity index (χ0n) is 20.6. The first-order valence-corrected chi connectivity index (χ1v) is 12.0. The fourth-order valence-electron chi connectivity index (χ4n) is 5.79. The SMILES string of the molecule is CC1=CC2CC(=C1)[C@](C)(c1ccc3c(c1)CCC(C)(C)O3)C(O)N2c1ccc(C)c(C(=O)O)c1. The van der Waals surface area contributed by atoms with Crippen LogP contribution >= 0.6 is 0 Å². The van der Waals surface area contributed by atoms with Crippen LogP contribution < -0.4 is 9.64 Å². The van der Waals surface area contributed by atoms with E-state index in [2.05, 4.69) is 52.0 Å². The number of ether oxygens (including phenoxy) is 1. The zero-order valence-corrected chi connectivity index (χ0v) is 20.6. The predicted molar refractivity (Wildman–Crippen MR) is 134 cm³/mol. The minimum absolute atomic E-state index is 0.0332. The number of benzene rings is 2. The Bertz CT molecular complexity index is 1240. The van der Waals surface area contributed by atoms with Crippen molar-refractivity contribution in [1.82, 2.24) is 0 Å². The van der Waals surface area contributed by atoms with Gasteiger partial charge in [0.25, 0.3) is 0 Å². The smallest absolute Gasteiger partial charge is 0.336 e. The Balaban J connectivity index is 1.62. The number of carbonyl (C=O) groups is 1. The predicted octanol–water partition coefficient (Wildman–Crippen LogP) is 5.54. The van der Waals surface area contributed by atoms with Crippen LogP contribution in [0.3, 0.4) is 0 Å². The van der Waals surface area contributed by atoms with Gasteiger partial charge in [-0.25, -0.2) is 4.79 Å². The van der Waals surface area contributed by atoms with Gasteiger partial charge in [0, 0.05) is 5.69 Å². The fraction of sp³-hybridized carbons (Fsp3) is 0.414. The standard InChI is InChI=1S/C29H33NO4/c1-17-12-21-15-23(13-17)30(22-8-6-18(2)24(16-22)26(31)32)27(33)29(21,5)20-7-9-25-19(14-20)10-11-28(3,4)34-25/h6-9,12-14,16,23,27,33H,10-11,15H2,1-5H3,(H,31,32)/t23?,27?,29-/m0/s1. The normalized spacial score (nSPS) is 27.3. The molecule has 1 fully saturated rings. The third-order valence-corrected chi connectivity index (χ3v) is 7.88. The first-order chi connectivity index (χ1) is 16.0. The first-order valence-electron chi connectivity index (χ1n) is 12.0. The van der Waals surface area contributed by atoms with Crippen LogP contribution in [0.15, 0.2) is 59.7 Å². The van der Waals surface area contributed by atoms with Crippen LogP contribution in [-0.2, 0) is 11.8 Å². The number of aromatic carboxylic acids is 1. The summed E-state index contributed by atoms with van der Waals surface area (Å²) in [5.74, 6) is -0.0378. The average Bonchev–Trinajstić information content (AvgIpc) is 2.77. The molecule has 5 nitrogen and oxygen atoms in total. The number of carboxylic acid groups (broad SMARTS) is 1. The van der Waals surface area contributed by atoms with Crippen molar-refractivity contribution in [2.75, 3.05) is 4.90 Å². The van der Waals surface area contributed by atoms with Crippen LogP contribution in [0.4, 0.5) is 5.69 Å². The number of hydrogen-bond donors (Lipinski definition) is 2. The molecule has 2 unspecified atom stereocenters. The van der Waals surface area contributed by atoms with E-state index >= 15 is 0 Å². The van der Waals surface area contributed by atoms with Gasteiger partial charge in [0.15, 0.2) is 0 Å². The van der Waals surface area contributed by atoms with Gasteiger partial charge in [-0.05, 0) is 88.8 Å². The molecule has 0 amide bonds. The van der Waals surface area contributed by atoms with Crippen molar-refractivity contribution < 1.29 is 19.7 Å². The van der Waals surface area contributed by atoms with Gasteiger partial charge in [0.2, 0.25) is 0 Å². The maximum atomic E-state index is 12.0. The van der Waals surface area contributed by atoms with Gasteiger partial charge in [-0.1, -0.05) is 41.5 Å². The molecule has 1 saturated heterocycles. The van der Waals surface area contributed by atoms with Crippen molar-refractivity contribution in [2.45, 2.75) is 77.2 Å². The molecule has 2 heterocycles. The number of aryl methyl sites for hydroxylation is 2. The molecule has 2 N–H and O–H groups in total. The monoisotopic (exact) mass is 459 g/mol. The molecule has 3 atom stereocenters. The van der Waals surface area contributed by atoms with Crippen molar-refractivity contribution in [1.29, 1.82) is 0 Å². The Hall–Kier alpha value is -3.05. The molecule has 0 aromatic heterocycles. The molecule has 2 aliphatic heterocycles. The van der Waals surface area contributed by atoms with E-state index in [4.69, 9.17) is 4.74 Å². The van der Waals surface area contributed by atoms with Crippen LogP contribution in [-0.4, -0.2) is 34.1 Å². The Morgan fingerprint density at radius 1 is 1.12 bits per heavy atom. The maximum Gasteiger partial charge on any atom is 0.336 e. The van der Waals surface area contributed by atoms with Crippen molar-refractivity contribution in [3.05, 3.63) is 82.0 Å². The number of fused-ring (bicyclic) bond motifs is 3. The number of aliphatic hydroxyl groups is 1. The van der Waals surface area contributed by atoms with Crippen LogP contribution in [0.5, 0.6) is 5.75 Å². The van der Waals surface area contributed by atoms with E-state index in [1.807, 2.05) is 23.1 Å². The van der Waals surface area contributed by atoms with Gasteiger partial charge in [0.05, 0.1) is 17.0 Å². The summed E-state index contributed by atoms with van der Waals surface area (Å²) in [5.41, 5.74) is 5.45. The summed E-state index contributed by atoms with van der Waals surface area (Å²) in [6, 6.07) is 11.7. The Morgan fingerprint density at radius 3 is 2.62 bits per heavy atom. The number of nitrogens with zero attached hydrogens (tertiary/aromatic N) is 1. The first kappa shape index (κ1) is 22.7. The van der Waals surface area contributed by atoms with E-state index in [0.717, 1.165) is 41.8 Å². The minimum atomic E-state index is -0.956. The molecule has 2 aromatic rings. The molecule has 3 aliphatic rings. The summed E-state index contributed by atoms with van der Waals surface area (Å²) in [7, 11) is 0. The quantitative estimate of drug-likeness (QED) is 0.631. The topological polar surface area (TPSA) is 70.0 Å². The Morgan fingerprint density at radius 2 is 1.88 bits per heavy atom. The molecule has 1 aliphatic carbocycles. The van der Waals surface area contributed by atoms with Gasteiger partial charge in [-0.15, -0.1) is 0 Å². The van der Waals surface area contributed by atoms with Crippen molar-refractivity contribution in [3.8, 4) is 5.75 Å². The highest BCUT2D eigenvalue weighted by Gasteiger charge is 2.49. The number of rotatable bonds is 3. The summed E-state index contributed by atoms with van der Waals surface area (Å²) < 4.78 is 6.20. The zero-order chi connectivity index (χ0) is 24.4. The molecule has 0 saturated carbocycles. The van der Waals surface area contributed by atoms with E-state index in [0.29, 0.717) is 5.56 Å². The Labute approximate surface area is 201 Å².